The van der Waals surface area contributed by atoms with Crippen LogP contribution in [0.5, 0.6) is 0 Å². The van der Waals surface area contributed by atoms with E-state index in [1.807, 2.05) is 24.3 Å². The summed E-state index contributed by atoms with van der Waals surface area (Å²) < 4.78 is 3.92. The molecule has 0 N–H and O–H groups in total. The number of nitrogens with zero attached hydrogens (tertiary/aromatic N) is 3. The minimum Gasteiger partial charge on any atom is -0.288 e. The van der Waals surface area contributed by atoms with Gasteiger partial charge in [-0.15, -0.1) is 5.10 Å². The minimum atomic E-state index is -0.0120. The number of aromatic nitrogens is 3. The van der Waals surface area contributed by atoms with Crippen LogP contribution in [0.1, 0.15) is 34.3 Å². The quantitative estimate of drug-likeness (QED) is 0.690. The summed E-state index contributed by atoms with van der Waals surface area (Å²) in [4.78, 5) is 17.5. The van der Waals surface area contributed by atoms with Crippen molar-refractivity contribution in [2.45, 2.75) is 19.8 Å². The molecule has 0 unspecified atom stereocenters. The molecule has 0 bridgehead atoms. The van der Waals surface area contributed by atoms with E-state index in [-0.39, 0.29) is 5.78 Å². The number of rotatable bonds is 4. The van der Waals surface area contributed by atoms with Crippen molar-refractivity contribution in [2.24, 2.45) is 0 Å². The molecule has 0 aliphatic carbocycles. The van der Waals surface area contributed by atoms with E-state index in [0.717, 1.165) is 29.3 Å². The lowest BCUT2D eigenvalue weighted by atomic mass is 10.0. The molecule has 4 nitrogen and oxygen atoms in total. The number of benzene rings is 1. The number of fused-ring (bicyclic) bond motifs is 1. The summed E-state index contributed by atoms with van der Waals surface area (Å²) in [6.07, 6.45) is 5.19. The van der Waals surface area contributed by atoms with Crippen molar-refractivity contribution in [3.05, 3.63) is 52.8 Å². The largest absolute Gasteiger partial charge is 0.288 e. The molecule has 2 heterocycles. The molecule has 0 saturated heterocycles. The van der Waals surface area contributed by atoms with E-state index in [1.54, 1.807) is 12.4 Å². The predicted octanol–water partition coefficient (Wildman–Crippen LogP) is 3.27. The molecule has 3 rings (SSSR count). The third-order valence-electron chi connectivity index (χ3n) is 3.18. The first-order chi connectivity index (χ1) is 9.81. The zero-order valence-electron chi connectivity index (χ0n) is 11.0. The van der Waals surface area contributed by atoms with Gasteiger partial charge in [0.2, 0.25) is 5.78 Å². The first-order valence-electron chi connectivity index (χ1n) is 6.50. The van der Waals surface area contributed by atoms with Crippen molar-refractivity contribution in [3.63, 3.8) is 0 Å². The third kappa shape index (κ3) is 2.20. The second-order valence-corrected chi connectivity index (χ2v) is 5.28. The minimum absolute atomic E-state index is 0.0120. The lowest BCUT2D eigenvalue weighted by Gasteiger charge is -2.04. The molecule has 0 radical (unpaired) electrons. The van der Waals surface area contributed by atoms with Crippen LogP contribution in [0.2, 0.25) is 0 Å². The normalized spacial score (nSPS) is 10.8. The highest BCUT2D eigenvalue weighted by molar-refractivity contribution is 7.08. The molecule has 0 aliphatic rings. The number of aryl methyl sites for hydroxylation is 1. The fourth-order valence-electron chi connectivity index (χ4n) is 2.22. The Labute approximate surface area is 120 Å². The van der Waals surface area contributed by atoms with Crippen LogP contribution in [0.3, 0.4) is 0 Å². The van der Waals surface area contributed by atoms with Gasteiger partial charge in [-0.05, 0) is 29.4 Å². The Balaban J connectivity index is 2.11. The van der Waals surface area contributed by atoms with Gasteiger partial charge in [-0.25, -0.2) is 0 Å². The summed E-state index contributed by atoms with van der Waals surface area (Å²) >= 11 is 1.17. The molecular weight excluding hydrogens is 270 g/mol. The number of carbonyl (C=O) groups excluding carboxylic acids is 1. The molecule has 2 aromatic heterocycles. The van der Waals surface area contributed by atoms with E-state index in [4.69, 9.17) is 0 Å². The number of carbonyl (C=O) groups is 1. The maximum absolute atomic E-state index is 12.7. The van der Waals surface area contributed by atoms with E-state index in [9.17, 15) is 4.79 Å². The molecule has 0 atom stereocenters. The van der Waals surface area contributed by atoms with Crippen LogP contribution in [0.25, 0.3) is 10.8 Å². The van der Waals surface area contributed by atoms with Crippen molar-refractivity contribution in [2.75, 3.05) is 0 Å². The van der Waals surface area contributed by atoms with Crippen LogP contribution >= 0.6 is 11.5 Å². The summed E-state index contributed by atoms with van der Waals surface area (Å²) in [5.74, 6) is -0.0120. The topological polar surface area (TPSA) is 55.7 Å². The van der Waals surface area contributed by atoms with Crippen LogP contribution in [0, 0.1) is 0 Å². The van der Waals surface area contributed by atoms with E-state index >= 15 is 0 Å². The molecule has 100 valence electrons. The van der Waals surface area contributed by atoms with Gasteiger partial charge in [0.1, 0.15) is 4.88 Å². The summed E-state index contributed by atoms with van der Waals surface area (Å²) in [7, 11) is 0. The smallest absolute Gasteiger partial charge is 0.207 e. The standard InChI is InChI=1S/C15H13N3OS/c1-2-4-13-15(20-18-17-13)14(19)11-6-3-5-10-7-8-16-9-12(10)11/h3,5-9H,2,4H2,1H3. The van der Waals surface area contributed by atoms with Gasteiger partial charge in [-0.2, -0.15) is 0 Å². The molecule has 0 aliphatic heterocycles. The summed E-state index contributed by atoms with van der Waals surface area (Å²) in [5.41, 5.74) is 1.46. The van der Waals surface area contributed by atoms with Crippen LogP contribution in [-0.4, -0.2) is 20.4 Å². The average Bonchev–Trinajstić information content (AvgIpc) is 2.94. The molecule has 3 aromatic rings. The van der Waals surface area contributed by atoms with Crippen molar-refractivity contribution >= 4 is 28.1 Å². The lowest BCUT2D eigenvalue weighted by Crippen LogP contribution is -2.04. The molecule has 0 spiro atoms. The van der Waals surface area contributed by atoms with Gasteiger partial charge >= 0.3 is 0 Å². The molecular formula is C15H13N3OS. The van der Waals surface area contributed by atoms with Gasteiger partial charge in [0, 0.05) is 23.3 Å². The van der Waals surface area contributed by atoms with Gasteiger partial charge in [-0.3, -0.25) is 9.78 Å². The van der Waals surface area contributed by atoms with E-state index in [1.165, 1.54) is 11.5 Å². The maximum atomic E-state index is 12.7. The SMILES string of the molecule is CCCc1nnsc1C(=O)c1cccc2ccncc12. The Hall–Kier alpha value is -2.14. The fourth-order valence-corrected chi connectivity index (χ4v) is 2.88. The van der Waals surface area contributed by atoms with Gasteiger partial charge in [0.15, 0.2) is 0 Å². The Kier molecular flexibility index (Phi) is 3.52. The Bertz CT molecular complexity index is 761. The van der Waals surface area contributed by atoms with E-state index in [0.29, 0.717) is 10.4 Å². The van der Waals surface area contributed by atoms with Gasteiger partial charge in [0.25, 0.3) is 0 Å². The third-order valence-corrected chi connectivity index (χ3v) is 3.94. The van der Waals surface area contributed by atoms with E-state index in [2.05, 4.69) is 21.5 Å². The highest BCUT2D eigenvalue weighted by Gasteiger charge is 2.19. The zero-order valence-corrected chi connectivity index (χ0v) is 11.9. The average molecular weight is 283 g/mol. The molecule has 0 amide bonds. The summed E-state index contributed by atoms with van der Waals surface area (Å²) in [6.45, 7) is 2.06. The van der Waals surface area contributed by atoms with Crippen molar-refractivity contribution in [1.82, 2.24) is 14.6 Å². The van der Waals surface area contributed by atoms with Crippen molar-refractivity contribution in [1.29, 1.82) is 0 Å². The van der Waals surface area contributed by atoms with Crippen LogP contribution in [0.15, 0.2) is 36.7 Å². The number of pyridine rings is 1. The first kappa shape index (κ1) is 12.9. The number of ketones is 1. The number of hydrogen-bond acceptors (Lipinski definition) is 5. The lowest BCUT2D eigenvalue weighted by molar-refractivity contribution is 0.104. The Morgan fingerprint density at radius 3 is 3.05 bits per heavy atom. The fraction of sp³-hybridized carbons (Fsp3) is 0.200. The summed E-state index contributed by atoms with van der Waals surface area (Å²) in [6, 6.07) is 7.61. The van der Waals surface area contributed by atoms with Crippen LogP contribution in [-0.2, 0) is 6.42 Å². The second kappa shape index (κ2) is 5.46. The maximum Gasteiger partial charge on any atom is 0.207 e. The first-order valence-corrected chi connectivity index (χ1v) is 7.27. The zero-order chi connectivity index (χ0) is 13.9. The number of hydrogen-bond donors (Lipinski definition) is 0. The molecule has 0 saturated carbocycles. The monoisotopic (exact) mass is 283 g/mol. The molecule has 0 fully saturated rings. The summed E-state index contributed by atoms with van der Waals surface area (Å²) in [5, 5.41) is 5.95. The Morgan fingerprint density at radius 2 is 2.20 bits per heavy atom. The van der Waals surface area contributed by atoms with E-state index < -0.39 is 0 Å². The second-order valence-electron chi connectivity index (χ2n) is 4.53. The molecule has 5 heteroatoms. The molecule has 1 aromatic carbocycles. The van der Waals surface area contributed by atoms with Gasteiger partial charge < -0.3 is 0 Å². The van der Waals surface area contributed by atoms with Gasteiger partial charge in [-0.1, -0.05) is 36.0 Å². The Morgan fingerprint density at radius 1 is 1.30 bits per heavy atom. The van der Waals surface area contributed by atoms with Gasteiger partial charge in [0.05, 0.1) is 5.69 Å². The highest BCUT2D eigenvalue weighted by atomic mass is 32.1. The van der Waals surface area contributed by atoms with Crippen LogP contribution in [0.4, 0.5) is 0 Å². The highest BCUT2D eigenvalue weighted by Crippen LogP contribution is 2.23. The van der Waals surface area contributed by atoms with Crippen molar-refractivity contribution in [3.8, 4) is 0 Å². The van der Waals surface area contributed by atoms with Crippen LogP contribution < -0.4 is 0 Å². The molecule has 20 heavy (non-hydrogen) atoms. The predicted molar refractivity (Wildman–Crippen MR) is 79.1 cm³/mol. The van der Waals surface area contributed by atoms with Crippen molar-refractivity contribution < 1.29 is 4.79 Å².